The summed E-state index contributed by atoms with van der Waals surface area (Å²) in [6, 6.07) is 10.8. The zero-order chi connectivity index (χ0) is 14.2. The molecule has 2 aliphatic rings. The molecule has 4 heteroatoms. The third-order valence-electron chi connectivity index (χ3n) is 5.16. The molecule has 21 heavy (non-hydrogen) atoms. The van der Waals surface area contributed by atoms with Crippen molar-refractivity contribution in [1.82, 2.24) is 14.9 Å². The van der Waals surface area contributed by atoms with Crippen molar-refractivity contribution in [2.45, 2.75) is 43.8 Å². The number of fused-ring (bicyclic) bond motifs is 2. The van der Waals surface area contributed by atoms with Crippen LogP contribution in [0.5, 0.6) is 0 Å². The maximum absolute atomic E-state index is 4.07. The summed E-state index contributed by atoms with van der Waals surface area (Å²) in [4.78, 5) is 9.79. The highest BCUT2D eigenvalue weighted by Gasteiger charge is 2.38. The van der Waals surface area contributed by atoms with Gasteiger partial charge >= 0.3 is 0 Å². The van der Waals surface area contributed by atoms with Crippen molar-refractivity contribution < 1.29 is 0 Å². The number of anilines is 1. The third-order valence-corrected chi connectivity index (χ3v) is 5.16. The highest BCUT2D eigenvalue weighted by atomic mass is 15.2. The highest BCUT2D eigenvalue weighted by molar-refractivity contribution is 5.62. The van der Waals surface area contributed by atoms with Crippen molar-refractivity contribution in [2.75, 3.05) is 12.4 Å². The fourth-order valence-corrected chi connectivity index (χ4v) is 3.92. The number of nitrogens with one attached hydrogen (secondary N) is 2. The molecule has 110 valence electrons. The number of piperidine rings is 1. The first-order chi connectivity index (χ1) is 10.3. The Bertz CT molecular complexity index is 576. The van der Waals surface area contributed by atoms with Crippen molar-refractivity contribution in [3.63, 3.8) is 0 Å². The smallest absolute Gasteiger partial charge is 0.0924 e. The van der Waals surface area contributed by atoms with Gasteiger partial charge < -0.3 is 15.2 Å². The molecule has 0 radical (unpaired) electrons. The lowest BCUT2D eigenvalue weighted by molar-refractivity contribution is 0.169. The molecule has 0 spiro atoms. The van der Waals surface area contributed by atoms with E-state index in [1.54, 1.807) is 6.33 Å². The number of rotatable bonds is 3. The van der Waals surface area contributed by atoms with E-state index in [9.17, 15) is 0 Å². The Kier molecular flexibility index (Phi) is 3.19. The number of hydrogen-bond acceptors (Lipinski definition) is 3. The van der Waals surface area contributed by atoms with Crippen LogP contribution in [0.1, 0.15) is 25.7 Å². The lowest BCUT2D eigenvalue weighted by Gasteiger charge is -2.37. The summed E-state index contributed by atoms with van der Waals surface area (Å²) in [6.07, 6.45) is 8.87. The summed E-state index contributed by atoms with van der Waals surface area (Å²) in [5.74, 6) is 0. The van der Waals surface area contributed by atoms with E-state index < -0.39 is 0 Å². The fourth-order valence-electron chi connectivity index (χ4n) is 3.92. The Morgan fingerprint density at radius 2 is 1.86 bits per heavy atom. The average molecular weight is 282 g/mol. The maximum atomic E-state index is 4.07. The van der Waals surface area contributed by atoms with Gasteiger partial charge in [0, 0.05) is 23.8 Å². The summed E-state index contributed by atoms with van der Waals surface area (Å²) in [5.41, 5.74) is 3.48. The molecule has 4 nitrogen and oxygen atoms in total. The Labute approximate surface area is 125 Å². The molecular weight excluding hydrogens is 260 g/mol. The van der Waals surface area contributed by atoms with Gasteiger partial charge in [-0.3, -0.25) is 0 Å². The van der Waals surface area contributed by atoms with E-state index in [1.165, 1.54) is 36.9 Å². The topological polar surface area (TPSA) is 44.0 Å². The Hall–Kier alpha value is -1.81. The number of nitrogens with zero attached hydrogens (tertiary/aromatic N) is 2. The predicted molar refractivity (Wildman–Crippen MR) is 85.2 cm³/mol. The molecule has 2 atom stereocenters. The van der Waals surface area contributed by atoms with E-state index in [1.807, 2.05) is 6.20 Å². The second-order valence-corrected chi connectivity index (χ2v) is 6.41. The molecule has 2 unspecified atom stereocenters. The van der Waals surface area contributed by atoms with Gasteiger partial charge in [-0.2, -0.15) is 0 Å². The molecule has 0 saturated carbocycles. The first-order valence-corrected chi connectivity index (χ1v) is 7.87. The van der Waals surface area contributed by atoms with Crippen LogP contribution in [0.25, 0.3) is 11.3 Å². The zero-order valence-corrected chi connectivity index (χ0v) is 12.4. The van der Waals surface area contributed by atoms with Crippen molar-refractivity contribution in [3.05, 3.63) is 36.8 Å². The van der Waals surface area contributed by atoms with E-state index in [-0.39, 0.29) is 0 Å². The molecule has 2 fully saturated rings. The van der Waals surface area contributed by atoms with Crippen LogP contribution in [0.3, 0.4) is 0 Å². The van der Waals surface area contributed by atoms with E-state index in [4.69, 9.17) is 0 Å². The summed E-state index contributed by atoms with van der Waals surface area (Å²) < 4.78 is 0. The van der Waals surface area contributed by atoms with E-state index >= 15 is 0 Å². The predicted octanol–water partition coefficient (Wildman–Crippen LogP) is 3.11. The monoisotopic (exact) mass is 282 g/mol. The van der Waals surface area contributed by atoms with Gasteiger partial charge in [0.15, 0.2) is 0 Å². The summed E-state index contributed by atoms with van der Waals surface area (Å²) in [5, 5.41) is 3.72. The van der Waals surface area contributed by atoms with Gasteiger partial charge in [-0.25, -0.2) is 4.98 Å². The normalized spacial score (nSPS) is 28.7. The molecule has 1 aromatic heterocycles. The minimum Gasteiger partial charge on any atom is -0.382 e. The van der Waals surface area contributed by atoms with Crippen molar-refractivity contribution in [1.29, 1.82) is 0 Å². The lowest BCUT2D eigenvalue weighted by Crippen LogP contribution is -2.44. The van der Waals surface area contributed by atoms with Crippen molar-refractivity contribution in [2.24, 2.45) is 0 Å². The summed E-state index contributed by atoms with van der Waals surface area (Å²) in [6.45, 7) is 0. The van der Waals surface area contributed by atoms with E-state index in [2.05, 4.69) is 51.5 Å². The van der Waals surface area contributed by atoms with Crippen LogP contribution in [0, 0.1) is 0 Å². The van der Waals surface area contributed by atoms with Crippen LogP contribution >= 0.6 is 0 Å². The molecule has 3 heterocycles. The van der Waals surface area contributed by atoms with Gasteiger partial charge in [-0.15, -0.1) is 0 Å². The largest absolute Gasteiger partial charge is 0.382 e. The summed E-state index contributed by atoms with van der Waals surface area (Å²) in [7, 11) is 2.29. The Morgan fingerprint density at radius 1 is 1.14 bits per heavy atom. The summed E-state index contributed by atoms with van der Waals surface area (Å²) >= 11 is 0. The van der Waals surface area contributed by atoms with E-state index in [0.29, 0.717) is 6.04 Å². The number of benzene rings is 1. The van der Waals surface area contributed by atoms with Gasteiger partial charge in [0.25, 0.3) is 0 Å². The highest BCUT2D eigenvalue weighted by Crippen LogP contribution is 2.35. The fraction of sp³-hybridized carbons (Fsp3) is 0.471. The van der Waals surface area contributed by atoms with Crippen LogP contribution in [0.4, 0.5) is 5.69 Å². The minimum absolute atomic E-state index is 0.622. The number of aromatic nitrogens is 2. The standard InChI is InChI=1S/C17H22N4/c1-21-15-6-7-16(21)9-14(8-15)20-13-4-2-12(3-5-13)17-10-18-11-19-17/h2-5,10-11,14-16,20H,6-9H2,1H3,(H,18,19). The van der Waals surface area contributed by atoms with Crippen molar-refractivity contribution in [3.8, 4) is 11.3 Å². The Balaban J connectivity index is 1.44. The molecule has 2 bridgehead atoms. The number of hydrogen-bond donors (Lipinski definition) is 2. The van der Waals surface area contributed by atoms with Crippen LogP contribution in [0.15, 0.2) is 36.8 Å². The third kappa shape index (κ3) is 2.44. The van der Waals surface area contributed by atoms with Crippen LogP contribution in [-0.4, -0.2) is 40.0 Å². The molecule has 0 aliphatic carbocycles. The van der Waals surface area contributed by atoms with Crippen LogP contribution < -0.4 is 5.32 Å². The maximum Gasteiger partial charge on any atom is 0.0924 e. The quantitative estimate of drug-likeness (QED) is 0.909. The van der Waals surface area contributed by atoms with Gasteiger partial charge in [-0.1, -0.05) is 12.1 Å². The molecular formula is C17H22N4. The lowest BCUT2D eigenvalue weighted by atomic mass is 9.97. The SMILES string of the molecule is CN1C2CCC1CC(Nc1ccc(-c3cnc[nH]3)cc1)C2. The number of aromatic amines is 1. The molecule has 2 aromatic rings. The molecule has 2 saturated heterocycles. The zero-order valence-electron chi connectivity index (χ0n) is 12.4. The van der Waals surface area contributed by atoms with Crippen LogP contribution in [0.2, 0.25) is 0 Å². The number of imidazole rings is 1. The van der Waals surface area contributed by atoms with Gasteiger partial charge in [0.05, 0.1) is 18.2 Å². The first-order valence-electron chi connectivity index (χ1n) is 7.87. The molecule has 1 aromatic carbocycles. The second kappa shape index (κ2) is 5.19. The van der Waals surface area contributed by atoms with Gasteiger partial charge in [0.2, 0.25) is 0 Å². The molecule has 2 aliphatic heterocycles. The van der Waals surface area contributed by atoms with Gasteiger partial charge in [0.1, 0.15) is 0 Å². The average Bonchev–Trinajstić information content (AvgIpc) is 3.08. The molecule has 2 N–H and O–H groups in total. The first kappa shape index (κ1) is 12.9. The second-order valence-electron chi connectivity index (χ2n) is 6.41. The Morgan fingerprint density at radius 3 is 2.48 bits per heavy atom. The minimum atomic E-state index is 0.622. The van der Waals surface area contributed by atoms with Gasteiger partial charge in [-0.05, 0) is 50.4 Å². The van der Waals surface area contributed by atoms with Crippen LogP contribution in [-0.2, 0) is 0 Å². The van der Waals surface area contributed by atoms with Crippen molar-refractivity contribution >= 4 is 5.69 Å². The van der Waals surface area contributed by atoms with E-state index in [0.717, 1.165) is 17.8 Å². The number of H-pyrrole nitrogens is 1. The molecule has 0 amide bonds. The molecule has 4 rings (SSSR count).